The van der Waals surface area contributed by atoms with Crippen LogP contribution in [0.5, 0.6) is 5.75 Å². The maximum Gasteiger partial charge on any atom is 0.264 e. The number of hydrogen-bond acceptors (Lipinski definition) is 4. The second-order valence-corrected chi connectivity index (χ2v) is 10.1. The smallest absolute Gasteiger partial charge is 0.264 e. The molecule has 3 aromatic carbocycles. The van der Waals surface area contributed by atoms with Gasteiger partial charge in [0.1, 0.15) is 12.3 Å². The summed E-state index contributed by atoms with van der Waals surface area (Å²) in [6, 6.07) is 21.1. The molecule has 0 unspecified atom stereocenters. The summed E-state index contributed by atoms with van der Waals surface area (Å²) in [7, 11) is -3.99. The minimum Gasteiger partial charge on any atom is -0.494 e. The molecule has 0 spiro atoms. The van der Waals surface area contributed by atoms with Crippen molar-refractivity contribution in [3.05, 3.63) is 89.5 Å². The van der Waals surface area contributed by atoms with Gasteiger partial charge in [-0.3, -0.25) is 9.10 Å². The molecule has 1 atom stereocenters. The zero-order valence-corrected chi connectivity index (χ0v) is 20.9. The summed E-state index contributed by atoms with van der Waals surface area (Å²) in [6.07, 6.45) is 0.685. The van der Waals surface area contributed by atoms with Gasteiger partial charge in [-0.05, 0) is 69.2 Å². The van der Waals surface area contributed by atoms with Crippen LogP contribution in [-0.2, 0) is 14.8 Å². The molecule has 0 heterocycles. The predicted molar refractivity (Wildman–Crippen MR) is 136 cm³/mol. The van der Waals surface area contributed by atoms with Crippen LogP contribution in [0.2, 0.25) is 0 Å². The third-order valence-corrected chi connectivity index (χ3v) is 7.34. The van der Waals surface area contributed by atoms with Gasteiger partial charge in [0.2, 0.25) is 5.91 Å². The van der Waals surface area contributed by atoms with Crippen LogP contribution in [0, 0.1) is 13.8 Å². The average molecular weight is 481 g/mol. The molecule has 180 valence electrons. The van der Waals surface area contributed by atoms with Crippen LogP contribution in [0.4, 0.5) is 5.69 Å². The monoisotopic (exact) mass is 480 g/mol. The fourth-order valence-corrected chi connectivity index (χ4v) is 5.04. The van der Waals surface area contributed by atoms with Gasteiger partial charge in [-0.15, -0.1) is 0 Å². The quantitative estimate of drug-likeness (QED) is 0.435. The van der Waals surface area contributed by atoms with Crippen LogP contribution >= 0.6 is 0 Å². The van der Waals surface area contributed by atoms with E-state index in [-0.39, 0.29) is 23.4 Å². The molecule has 34 heavy (non-hydrogen) atoms. The molecular weight excluding hydrogens is 448 g/mol. The normalized spacial score (nSPS) is 12.1. The summed E-state index contributed by atoms with van der Waals surface area (Å²) < 4.78 is 33.8. The summed E-state index contributed by atoms with van der Waals surface area (Å²) in [5.41, 5.74) is 3.55. The van der Waals surface area contributed by atoms with Crippen LogP contribution in [0.25, 0.3) is 0 Å². The Labute approximate surface area is 202 Å². The Kier molecular flexibility index (Phi) is 8.34. The number of nitrogens with zero attached hydrogens (tertiary/aromatic N) is 1. The maximum atomic E-state index is 13.6. The lowest BCUT2D eigenvalue weighted by Crippen LogP contribution is -2.42. The average Bonchev–Trinajstić information content (AvgIpc) is 2.83. The van der Waals surface area contributed by atoms with Crippen molar-refractivity contribution in [3.63, 3.8) is 0 Å². The van der Waals surface area contributed by atoms with E-state index in [0.717, 1.165) is 21.0 Å². The second-order valence-electron chi connectivity index (χ2n) is 8.19. The minimum atomic E-state index is -3.99. The number of sulfonamides is 1. The van der Waals surface area contributed by atoms with Gasteiger partial charge in [-0.25, -0.2) is 8.42 Å². The maximum absolute atomic E-state index is 13.6. The van der Waals surface area contributed by atoms with Crippen molar-refractivity contribution >= 4 is 21.6 Å². The van der Waals surface area contributed by atoms with Gasteiger partial charge in [0.05, 0.1) is 23.2 Å². The summed E-state index contributed by atoms with van der Waals surface area (Å²) in [5.74, 6) is 0.215. The van der Waals surface area contributed by atoms with Crippen molar-refractivity contribution in [2.24, 2.45) is 0 Å². The molecule has 0 fully saturated rings. The number of aryl methyl sites for hydroxylation is 2. The number of rotatable bonds is 10. The third-order valence-electron chi connectivity index (χ3n) is 5.56. The van der Waals surface area contributed by atoms with E-state index < -0.39 is 10.0 Å². The molecule has 0 aromatic heterocycles. The molecule has 6 nitrogen and oxygen atoms in total. The van der Waals surface area contributed by atoms with Crippen LogP contribution in [0.1, 0.15) is 43.0 Å². The topological polar surface area (TPSA) is 75.7 Å². The van der Waals surface area contributed by atoms with E-state index in [2.05, 4.69) is 5.32 Å². The third kappa shape index (κ3) is 6.17. The highest BCUT2D eigenvalue weighted by molar-refractivity contribution is 7.92. The van der Waals surface area contributed by atoms with Gasteiger partial charge in [-0.1, -0.05) is 54.4 Å². The standard InChI is InChI=1S/C27H32N2O4S/c1-5-26(22-11-7-20(3)8-12-22)28-27(30)19-29(23-13-9-21(4)10-14-23)34(31,32)25-17-15-24(16-18-25)33-6-2/h7-18,26H,5-6,19H2,1-4H3,(H,28,30)/t26-/m1/s1. The van der Waals surface area contributed by atoms with Crippen molar-refractivity contribution in [1.82, 2.24) is 5.32 Å². The van der Waals surface area contributed by atoms with Crippen LogP contribution in [0.3, 0.4) is 0 Å². The summed E-state index contributed by atoms with van der Waals surface area (Å²) >= 11 is 0. The van der Waals surface area contributed by atoms with Crippen molar-refractivity contribution < 1.29 is 17.9 Å². The van der Waals surface area contributed by atoms with Crippen LogP contribution in [0.15, 0.2) is 77.7 Å². The molecule has 0 aliphatic rings. The van der Waals surface area contributed by atoms with Gasteiger partial charge in [0.15, 0.2) is 0 Å². The van der Waals surface area contributed by atoms with Gasteiger partial charge in [-0.2, -0.15) is 0 Å². The number of anilines is 1. The number of amides is 1. The molecule has 0 bridgehead atoms. The number of carbonyl (C=O) groups is 1. The van der Waals surface area contributed by atoms with Gasteiger partial charge in [0, 0.05) is 0 Å². The highest BCUT2D eigenvalue weighted by Gasteiger charge is 2.28. The highest BCUT2D eigenvalue weighted by atomic mass is 32.2. The van der Waals surface area contributed by atoms with E-state index in [0.29, 0.717) is 24.5 Å². The first kappa shape index (κ1) is 25.3. The van der Waals surface area contributed by atoms with Gasteiger partial charge < -0.3 is 10.1 Å². The number of benzene rings is 3. The summed E-state index contributed by atoms with van der Waals surface area (Å²) in [4.78, 5) is 13.2. The Morgan fingerprint density at radius 1 is 0.882 bits per heavy atom. The molecule has 0 saturated carbocycles. The fraction of sp³-hybridized carbons (Fsp3) is 0.296. The molecule has 0 saturated heterocycles. The van der Waals surface area contributed by atoms with Crippen LogP contribution < -0.4 is 14.4 Å². The zero-order valence-electron chi connectivity index (χ0n) is 20.1. The van der Waals surface area contributed by atoms with Crippen LogP contribution in [-0.4, -0.2) is 27.5 Å². The zero-order chi connectivity index (χ0) is 24.7. The van der Waals surface area contributed by atoms with E-state index in [4.69, 9.17) is 4.74 Å². The molecule has 1 N–H and O–H groups in total. The van der Waals surface area contributed by atoms with Gasteiger partial charge in [0.25, 0.3) is 10.0 Å². The number of ether oxygens (including phenoxy) is 1. The number of nitrogens with one attached hydrogen (secondary N) is 1. The molecule has 3 aromatic rings. The lowest BCUT2D eigenvalue weighted by Gasteiger charge is -2.26. The largest absolute Gasteiger partial charge is 0.494 e. The van der Waals surface area contributed by atoms with Crippen molar-refractivity contribution in [2.45, 2.75) is 45.1 Å². The molecule has 7 heteroatoms. The highest BCUT2D eigenvalue weighted by Crippen LogP contribution is 2.26. The first-order valence-corrected chi connectivity index (χ1v) is 12.9. The minimum absolute atomic E-state index is 0.0925. The summed E-state index contributed by atoms with van der Waals surface area (Å²) in [5, 5.41) is 3.00. The Morgan fingerprint density at radius 3 is 1.97 bits per heavy atom. The number of hydrogen-bond donors (Lipinski definition) is 1. The molecule has 1 amide bonds. The first-order valence-electron chi connectivity index (χ1n) is 11.4. The Morgan fingerprint density at radius 2 is 1.44 bits per heavy atom. The predicted octanol–water partition coefficient (Wildman–Crippen LogP) is 5.16. The van der Waals surface area contributed by atoms with Gasteiger partial charge >= 0.3 is 0 Å². The van der Waals surface area contributed by atoms with E-state index in [1.807, 2.05) is 64.1 Å². The lowest BCUT2D eigenvalue weighted by molar-refractivity contribution is -0.120. The summed E-state index contributed by atoms with van der Waals surface area (Å²) in [6.45, 7) is 7.94. The van der Waals surface area contributed by atoms with E-state index in [9.17, 15) is 13.2 Å². The molecule has 0 radical (unpaired) electrons. The van der Waals surface area contributed by atoms with E-state index in [1.54, 1.807) is 24.3 Å². The fourth-order valence-electron chi connectivity index (χ4n) is 3.62. The number of carbonyl (C=O) groups excluding carboxylic acids is 1. The molecule has 3 rings (SSSR count). The molecule has 0 aliphatic carbocycles. The van der Waals surface area contributed by atoms with E-state index in [1.165, 1.54) is 12.1 Å². The Bertz CT molecular complexity index is 1190. The molecular formula is C27H32N2O4S. The Balaban J connectivity index is 1.89. The SMILES string of the molecule is CCOc1ccc(S(=O)(=O)N(CC(=O)N[C@H](CC)c2ccc(C)cc2)c2ccc(C)cc2)cc1. The lowest BCUT2D eigenvalue weighted by atomic mass is 10.0. The van der Waals surface area contributed by atoms with Crippen molar-refractivity contribution in [2.75, 3.05) is 17.5 Å². The Hall–Kier alpha value is -3.32. The van der Waals surface area contributed by atoms with Crippen molar-refractivity contribution in [3.8, 4) is 5.75 Å². The molecule has 0 aliphatic heterocycles. The van der Waals surface area contributed by atoms with Crippen molar-refractivity contribution in [1.29, 1.82) is 0 Å². The first-order chi connectivity index (χ1) is 16.2. The second kappa shape index (κ2) is 11.2. The van der Waals surface area contributed by atoms with E-state index >= 15 is 0 Å².